The molecule has 0 fully saturated rings. The number of hydrogen-bond acceptors (Lipinski definition) is 5. The van der Waals surface area contributed by atoms with Crippen molar-refractivity contribution in [2.75, 3.05) is 18.4 Å². The van der Waals surface area contributed by atoms with E-state index in [1.807, 2.05) is 0 Å². The molecule has 0 aliphatic heterocycles. The van der Waals surface area contributed by atoms with Gasteiger partial charge in [0.2, 0.25) is 0 Å². The Kier molecular flexibility index (Phi) is 5.34. The maximum absolute atomic E-state index is 12.7. The Morgan fingerprint density at radius 2 is 1.96 bits per heavy atom. The molecule has 0 atom stereocenters. The summed E-state index contributed by atoms with van der Waals surface area (Å²) in [7, 11) is 0. The fraction of sp³-hybridized carbons (Fsp3) is 0.176. The lowest BCUT2D eigenvalue weighted by molar-refractivity contribution is -0.137. The first-order valence-electron chi connectivity index (χ1n) is 7.95. The second-order valence-corrected chi connectivity index (χ2v) is 5.47. The summed E-state index contributed by atoms with van der Waals surface area (Å²) in [4.78, 5) is 20.2. The zero-order valence-corrected chi connectivity index (χ0v) is 13.9. The molecule has 0 spiro atoms. The predicted octanol–water partition coefficient (Wildman–Crippen LogP) is 2.52. The molecule has 0 aliphatic carbocycles. The summed E-state index contributed by atoms with van der Waals surface area (Å²) >= 11 is 0. The zero-order valence-electron chi connectivity index (χ0n) is 13.9. The molecule has 2 aromatic heterocycles. The van der Waals surface area contributed by atoms with Gasteiger partial charge in [-0.25, -0.2) is 14.6 Å². The Bertz CT molecular complexity index is 911. The van der Waals surface area contributed by atoms with E-state index >= 15 is 0 Å². The molecule has 1 aromatic carbocycles. The predicted molar refractivity (Wildman–Crippen MR) is 91.4 cm³/mol. The van der Waals surface area contributed by atoms with E-state index < -0.39 is 17.6 Å². The molecule has 27 heavy (non-hydrogen) atoms. The molecule has 3 aromatic rings. The van der Waals surface area contributed by atoms with E-state index in [0.29, 0.717) is 18.2 Å². The van der Waals surface area contributed by atoms with Gasteiger partial charge in [-0.1, -0.05) is 6.07 Å². The van der Waals surface area contributed by atoms with E-state index in [2.05, 4.69) is 25.7 Å². The van der Waals surface area contributed by atoms with Crippen molar-refractivity contribution in [3.05, 3.63) is 66.2 Å². The smallest absolute Gasteiger partial charge is 0.368 e. The Morgan fingerprint density at radius 1 is 1.11 bits per heavy atom. The highest BCUT2D eigenvalue weighted by molar-refractivity contribution is 5.94. The third kappa shape index (κ3) is 4.81. The van der Waals surface area contributed by atoms with E-state index in [-0.39, 0.29) is 12.1 Å². The number of hydrogen-bond donors (Lipinski definition) is 2. The van der Waals surface area contributed by atoms with E-state index in [1.54, 1.807) is 29.2 Å². The van der Waals surface area contributed by atoms with Gasteiger partial charge in [-0.15, -0.1) is 0 Å². The molecule has 0 radical (unpaired) electrons. The molecule has 2 heterocycles. The van der Waals surface area contributed by atoms with Gasteiger partial charge in [0.15, 0.2) is 5.82 Å². The van der Waals surface area contributed by atoms with Crippen molar-refractivity contribution in [2.45, 2.75) is 6.18 Å². The molecule has 3 rings (SSSR count). The van der Waals surface area contributed by atoms with E-state index in [4.69, 9.17) is 0 Å². The van der Waals surface area contributed by atoms with Gasteiger partial charge in [0.25, 0.3) is 5.91 Å². The van der Waals surface area contributed by atoms with Crippen LogP contribution in [0, 0.1) is 0 Å². The number of rotatable bonds is 6. The first kappa shape index (κ1) is 18.4. The van der Waals surface area contributed by atoms with Gasteiger partial charge in [0.1, 0.15) is 12.1 Å². The summed E-state index contributed by atoms with van der Waals surface area (Å²) < 4.78 is 39.7. The number of anilines is 1. The van der Waals surface area contributed by atoms with Crippen LogP contribution in [-0.2, 0) is 6.18 Å². The van der Waals surface area contributed by atoms with Gasteiger partial charge in [-0.3, -0.25) is 4.79 Å². The summed E-state index contributed by atoms with van der Waals surface area (Å²) in [5.41, 5.74) is -0.909. The van der Waals surface area contributed by atoms with Gasteiger partial charge in [0.05, 0.1) is 5.56 Å². The largest absolute Gasteiger partial charge is 0.416 e. The minimum Gasteiger partial charge on any atom is -0.368 e. The standard InChI is InChI=1S/C17H15F3N6O/c18-17(19,20)13-4-1-3-12(9-13)16(27)22-7-6-21-14-10-15(24-11-23-14)26-8-2-5-25-26/h1-5,8-11H,6-7H2,(H,22,27)(H,21,23,24). The lowest BCUT2D eigenvalue weighted by Gasteiger charge is -2.10. The van der Waals surface area contributed by atoms with Crippen LogP contribution in [0.25, 0.3) is 5.82 Å². The van der Waals surface area contributed by atoms with Gasteiger partial charge in [-0.2, -0.15) is 18.3 Å². The van der Waals surface area contributed by atoms with Crippen molar-refractivity contribution in [1.29, 1.82) is 0 Å². The van der Waals surface area contributed by atoms with Gasteiger partial charge in [-0.05, 0) is 24.3 Å². The van der Waals surface area contributed by atoms with Crippen LogP contribution in [0.4, 0.5) is 19.0 Å². The topological polar surface area (TPSA) is 84.7 Å². The number of halogens is 3. The summed E-state index contributed by atoms with van der Waals surface area (Å²) in [6.07, 6.45) is 0.248. The number of alkyl halides is 3. The Labute approximate surface area is 152 Å². The maximum atomic E-state index is 12.7. The number of nitrogens with one attached hydrogen (secondary N) is 2. The summed E-state index contributed by atoms with van der Waals surface area (Å²) in [6.45, 7) is 0.538. The molecule has 0 saturated heterocycles. The Balaban J connectivity index is 1.52. The molecule has 0 aliphatic rings. The molecule has 0 bridgehead atoms. The molecular formula is C17H15F3N6O. The first-order valence-corrected chi connectivity index (χ1v) is 7.95. The number of carbonyl (C=O) groups is 1. The molecule has 0 saturated carbocycles. The maximum Gasteiger partial charge on any atom is 0.416 e. The Morgan fingerprint density at radius 3 is 2.70 bits per heavy atom. The van der Waals surface area contributed by atoms with Crippen molar-refractivity contribution >= 4 is 11.7 Å². The lowest BCUT2D eigenvalue weighted by atomic mass is 10.1. The van der Waals surface area contributed by atoms with Gasteiger partial charge in [0, 0.05) is 37.1 Å². The van der Waals surface area contributed by atoms with Crippen LogP contribution < -0.4 is 10.6 Å². The highest BCUT2D eigenvalue weighted by Gasteiger charge is 2.30. The molecule has 1 amide bonds. The third-order valence-corrected chi connectivity index (χ3v) is 3.56. The van der Waals surface area contributed by atoms with E-state index in [1.165, 1.54) is 18.5 Å². The van der Waals surface area contributed by atoms with Crippen LogP contribution in [0.3, 0.4) is 0 Å². The van der Waals surface area contributed by atoms with E-state index in [0.717, 1.165) is 12.1 Å². The molecule has 7 nitrogen and oxygen atoms in total. The van der Waals surface area contributed by atoms with Crippen molar-refractivity contribution in [1.82, 2.24) is 25.1 Å². The number of carbonyl (C=O) groups excluding carboxylic acids is 1. The summed E-state index contributed by atoms with van der Waals surface area (Å²) in [6, 6.07) is 7.72. The van der Waals surface area contributed by atoms with Crippen molar-refractivity contribution in [3.63, 3.8) is 0 Å². The molecule has 0 unspecified atom stereocenters. The van der Waals surface area contributed by atoms with E-state index in [9.17, 15) is 18.0 Å². The van der Waals surface area contributed by atoms with Crippen LogP contribution in [0.15, 0.2) is 55.1 Å². The molecule has 140 valence electrons. The number of nitrogens with zero attached hydrogens (tertiary/aromatic N) is 4. The van der Waals surface area contributed by atoms with Gasteiger partial charge < -0.3 is 10.6 Å². The fourth-order valence-corrected chi connectivity index (χ4v) is 2.28. The number of amides is 1. The molecule has 10 heteroatoms. The molecular weight excluding hydrogens is 361 g/mol. The second kappa shape index (κ2) is 7.85. The average molecular weight is 376 g/mol. The average Bonchev–Trinajstić information content (AvgIpc) is 3.19. The number of benzene rings is 1. The van der Waals surface area contributed by atoms with Crippen molar-refractivity contribution in [3.8, 4) is 5.82 Å². The summed E-state index contributed by atoms with van der Waals surface area (Å²) in [5, 5.41) is 9.63. The molecule has 2 N–H and O–H groups in total. The van der Waals surface area contributed by atoms with Crippen LogP contribution >= 0.6 is 0 Å². The Hall–Kier alpha value is -3.43. The SMILES string of the molecule is O=C(NCCNc1cc(-n2cccn2)ncn1)c1cccc(C(F)(F)F)c1. The minimum atomic E-state index is -4.49. The minimum absolute atomic E-state index is 0.0483. The number of aromatic nitrogens is 4. The van der Waals surface area contributed by atoms with Crippen molar-refractivity contribution in [2.24, 2.45) is 0 Å². The van der Waals surface area contributed by atoms with Crippen LogP contribution in [0.5, 0.6) is 0 Å². The zero-order chi connectivity index (χ0) is 19.3. The highest BCUT2D eigenvalue weighted by Crippen LogP contribution is 2.29. The van der Waals surface area contributed by atoms with Crippen molar-refractivity contribution < 1.29 is 18.0 Å². The normalized spacial score (nSPS) is 11.2. The summed E-state index contributed by atoms with van der Waals surface area (Å²) in [5.74, 6) is 0.525. The lowest BCUT2D eigenvalue weighted by Crippen LogP contribution is -2.29. The highest BCUT2D eigenvalue weighted by atomic mass is 19.4. The second-order valence-electron chi connectivity index (χ2n) is 5.47. The monoisotopic (exact) mass is 376 g/mol. The van der Waals surface area contributed by atoms with Crippen LogP contribution in [0.2, 0.25) is 0 Å². The van der Waals surface area contributed by atoms with Crippen LogP contribution in [0.1, 0.15) is 15.9 Å². The quantitative estimate of drug-likeness (QED) is 0.646. The fourth-order valence-electron chi connectivity index (χ4n) is 2.28. The third-order valence-electron chi connectivity index (χ3n) is 3.56. The van der Waals surface area contributed by atoms with Crippen LogP contribution in [-0.4, -0.2) is 38.7 Å². The van der Waals surface area contributed by atoms with Gasteiger partial charge >= 0.3 is 6.18 Å². The first-order chi connectivity index (χ1) is 12.9.